The van der Waals surface area contributed by atoms with Gasteiger partial charge in [-0.1, -0.05) is 13.8 Å². The lowest BCUT2D eigenvalue weighted by Gasteiger charge is -2.44. The third-order valence-corrected chi connectivity index (χ3v) is 5.48. The number of aliphatic hydroxyl groups excluding tert-OH is 1. The number of amides is 1. The van der Waals surface area contributed by atoms with Gasteiger partial charge in [-0.3, -0.25) is 9.69 Å². The van der Waals surface area contributed by atoms with Crippen LogP contribution in [0.1, 0.15) is 59.3 Å². The second-order valence-corrected chi connectivity index (χ2v) is 7.31. The molecule has 2 rings (SSSR count). The molecule has 0 aromatic carbocycles. The van der Waals surface area contributed by atoms with Crippen LogP contribution in [0, 0.1) is 5.41 Å². The first-order chi connectivity index (χ1) is 10.0. The number of piperidine rings is 2. The van der Waals surface area contributed by atoms with Gasteiger partial charge in [0.1, 0.15) is 0 Å². The van der Waals surface area contributed by atoms with Gasteiger partial charge in [-0.05, 0) is 52.0 Å². The van der Waals surface area contributed by atoms with Gasteiger partial charge in [-0.25, -0.2) is 0 Å². The number of hydrogen-bond acceptors (Lipinski definition) is 3. The van der Waals surface area contributed by atoms with Crippen LogP contribution in [0.25, 0.3) is 0 Å². The minimum Gasteiger partial charge on any atom is -0.396 e. The largest absolute Gasteiger partial charge is 0.396 e. The number of likely N-dealkylation sites (tertiary alicyclic amines) is 2. The van der Waals surface area contributed by atoms with Crippen LogP contribution in [0.2, 0.25) is 0 Å². The number of carbonyl (C=O) groups excluding carboxylic acids is 1. The van der Waals surface area contributed by atoms with Crippen molar-refractivity contribution < 1.29 is 9.90 Å². The van der Waals surface area contributed by atoms with E-state index in [1.54, 1.807) is 0 Å². The highest BCUT2D eigenvalue weighted by Crippen LogP contribution is 2.30. The maximum Gasteiger partial charge on any atom is 0.239 e. The molecule has 0 aliphatic carbocycles. The molecule has 2 aliphatic heterocycles. The Bertz CT molecular complexity index is 361. The normalized spacial score (nSPS) is 33.0. The summed E-state index contributed by atoms with van der Waals surface area (Å²) in [6, 6.07) is 0.381. The standard InChI is InChI=1S/C17H32N2O2/c1-4-15-8-5-6-11-19(15)16(21)14(2)18-10-7-9-17(3,12-18)13-20/h14-15,20H,4-13H2,1-3H3. The molecule has 122 valence electrons. The number of rotatable bonds is 4. The second kappa shape index (κ2) is 7.10. The van der Waals surface area contributed by atoms with Gasteiger partial charge in [-0.15, -0.1) is 0 Å². The van der Waals surface area contributed by atoms with Crippen molar-refractivity contribution in [3.63, 3.8) is 0 Å². The molecule has 2 fully saturated rings. The molecule has 3 atom stereocenters. The lowest BCUT2D eigenvalue weighted by Crippen LogP contribution is -2.55. The molecule has 3 unspecified atom stereocenters. The number of nitrogens with zero attached hydrogens (tertiary/aromatic N) is 2. The van der Waals surface area contributed by atoms with Gasteiger partial charge in [0, 0.05) is 31.2 Å². The molecule has 0 radical (unpaired) electrons. The van der Waals surface area contributed by atoms with Gasteiger partial charge in [0.05, 0.1) is 6.04 Å². The van der Waals surface area contributed by atoms with Crippen molar-refractivity contribution in [3.8, 4) is 0 Å². The fraction of sp³-hybridized carbons (Fsp3) is 0.941. The average Bonchev–Trinajstić information content (AvgIpc) is 2.53. The van der Waals surface area contributed by atoms with Crippen molar-refractivity contribution >= 4 is 5.91 Å². The fourth-order valence-corrected chi connectivity index (χ4v) is 3.93. The van der Waals surface area contributed by atoms with Crippen molar-refractivity contribution in [3.05, 3.63) is 0 Å². The molecule has 0 bridgehead atoms. The van der Waals surface area contributed by atoms with E-state index in [1.807, 2.05) is 6.92 Å². The Labute approximate surface area is 129 Å². The summed E-state index contributed by atoms with van der Waals surface area (Å²) in [5, 5.41) is 9.60. The Morgan fingerprint density at radius 1 is 1.33 bits per heavy atom. The SMILES string of the molecule is CCC1CCCCN1C(=O)C(C)N1CCCC(C)(CO)C1. The first kappa shape index (κ1) is 16.8. The smallest absolute Gasteiger partial charge is 0.239 e. The van der Waals surface area contributed by atoms with E-state index < -0.39 is 0 Å². The van der Waals surface area contributed by atoms with E-state index in [2.05, 4.69) is 23.6 Å². The Kier molecular flexibility index (Phi) is 5.67. The number of hydrogen-bond donors (Lipinski definition) is 1. The summed E-state index contributed by atoms with van der Waals surface area (Å²) < 4.78 is 0. The predicted molar refractivity (Wildman–Crippen MR) is 85.1 cm³/mol. The number of aliphatic hydroxyl groups is 1. The highest BCUT2D eigenvalue weighted by molar-refractivity contribution is 5.82. The molecule has 0 saturated carbocycles. The van der Waals surface area contributed by atoms with Crippen molar-refractivity contribution in [2.24, 2.45) is 5.41 Å². The van der Waals surface area contributed by atoms with E-state index in [9.17, 15) is 9.90 Å². The van der Waals surface area contributed by atoms with Crippen LogP contribution in [-0.4, -0.2) is 59.1 Å². The van der Waals surface area contributed by atoms with E-state index in [-0.39, 0.29) is 18.1 Å². The number of carbonyl (C=O) groups is 1. The molecule has 2 aliphatic rings. The molecule has 1 amide bonds. The quantitative estimate of drug-likeness (QED) is 0.865. The molecular weight excluding hydrogens is 264 g/mol. The zero-order chi connectivity index (χ0) is 15.5. The second-order valence-electron chi connectivity index (χ2n) is 7.31. The Morgan fingerprint density at radius 3 is 2.76 bits per heavy atom. The molecule has 4 heteroatoms. The van der Waals surface area contributed by atoms with Crippen LogP contribution < -0.4 is 0 Å². The average molecular weight is 296 g/mol. The van der Waals surface area contributed by atoms with Gasteiger partial charge in [0.25, 0.3) is 0 Å². The van der Waals surface area contributed by atoms with Crippen molar-refractivity contribution in [2.45, 2.75) is 71.4 Å². The summed E-state index contributed by atoms with van der Waals surface area (Å²) in [7, 11) is 0. The highest BCUT2D eigenvalue weighted by atomic mass is 16.3. The topological polar surface area (TPSA) is 43.8 Å². The molecule has 0 aromatic heterocycles. The molecule has 2 heterocycles. The fourth-order valence-electron chi connectivity index (χ4n) is 3.93. The molecule has 1 N–H and O–H groups in total. The highest BCUT2D eigenvalue weighted by Gasteiger charge is 2.37. The Balaban J connectivity index is 2.01. The van der Waals surface area contributed by atoms with E-state index in [0.29, 0.717) is 11.9 Å². The summed E-state index contributed by atoms with van der Waals surface area (Å²) >= 11 is 0. The monoisotopic (exact) mass is 296 g/mol. The maximum atomic E-state index is 12.9. The zero-order valence-electron chi connectivity index (χ0n) is 14.0. The summed E-state index contributed by atoms with van der Waals surface area (Å²) in [5.41, 5.74) is -0.0428. The third-order valence-electron chi connectivity index (χ3n) is 5.48. The maximum absolute atomic E-state index is 12.9. The predicted octanol–water partition coefficient (Wildman–Crippen LogP) is 2.26. The molecule has 0 spiro atoms. The minimum atomic E-state index is -0.0525. The van der Waals surface area contributed by atoms with Crippen molar-refractivity contribution in [2.75, 3.05) is 26.2 Å². The Hall–Kier alpha value is -0.610. The summed E-state index contributed by atoms with van der Waals surface area (Å²) in [6.45, 7) is 9.32. The van der Waals surface area contributed by atoms with Crippen LogP contribution in [0.4, 0.5) is 0 Å². The molecule has 4 nitrogen and oxygen atoms in total. The third kappa shape index (κ3) is 3.78. The van der Waals surface area contributed by atoms with Crippen LogP contribution >= 0.6 is 0 Å². The first-order valence-corrected chi connectivity index (χ1v) is 8.66. The molecule has 21 heavy (non-hydrogen) atoms. The van der Waals surface area contributed by atoms with E-state index in [1.165, 1.54) is 6.42 Å². The van der Waals surface area contributed by atoms with Crippen molar-refractivity contribution in [1.82, 2.24) is 9.80 Å². The van der Waals surface area contributed by atoms with Gasteiger partial charge in [0.2, 0.25) is 5.91 Å². The van der Waals surface area contributed by atoms with Crippen LogP contribution in [0.15, 0.2) is 0 Å². The Morgan fingerprint density at radius 2 is 2.10 bits per heavy atom. The summed E-state index contributed by atoms with van der Waals surface area (Å²) in [4.78, 5) is 17.3. The minimum absolute atomic E-state index is 0.0428. The van der Waals surface area contributed by atoms with Crippen LogP contribution in [0.3, 0.4) is 0 Å². The van der Waals surface area contributed by atoms with Gasteiger partial charge >= 0.3 is 0 Å². The molecule has 0 aromatic rings. The molecule has 2 saturated heterocycles. The molecular formula is C17H32N2O2. The summed E-state index contributed by atoms with van der Waals surface area (Å²) in [5.74, 6) is 0.295. The lowest BCUT2D eigenvalue weighted by atomic mass is 9.82. The lowest BCUT2D eigenvalue weighted by molar-refractivity contribution is -0.141. The van der Waals surface area contributed by atoms with E-state index in [4.69, 9.17) is 0 Å². The van der Waals surface area contributed by atoms with Crippen molar-refractivity contribution in [1.29, 1.82) is 0 Å². The first-order valence-electron chi connectivity index (χ1n) is 8.66. The van der Waals surface area contributed by atoms with E-state index in [0.717, 1.165) is 51.7 Å². The van der Waals surface area contributed by atoms with E-state index >= 15 is 0 Å². The summed E-state index contributed by atoms with van der Waals surface area (Å²) in [6.07, 6.45) is 6.75. The van der Waals surface area contributed by atoms with Crippen LogP contribution in [0.5, 0.6) is 0 Å². The van der Waals surface area contributed by atoms with Gasteiger partial charge in [0.15, 0.2) is 0 Å². The zero-order valence-corrected chi connectivity index (χ0v) is 14.0. The van der Waals surface area contributed by atoms with Crippen LogP contribution in [-0.2, 0) is 4.79 Å². The van der Waals surface area contributed by atoms with Gasteiger partial charge in [-0.2, -0.15) is 0 Å². The van der Waals surface area contributed by atoms with Gasteiger partial charge < -0.3 is 10.0 Å².